The van der Waals surface area contributed by atoms with E-state index in [-0.39, 0.29) is 11.5 Å². The van der Waals surface area contributed by atoms with Crippen LogP contribution in [-0.2, 0) is 14.9 Å². The van der Waals surface area contributed by atoms with Crippen molar-refractivity contribution in [1.82, 2.24) is 10.6 Å². The van der Waals surface area contributed by atoms with E-state index in [0.717, 1.165) is 25.7 Å². The molecule has 6 nitrogen and oxygen atoms in total. The van der Waals surface area contributed by atoms with Gasteiger partial charge >= 0.3 is 12.2 Å². The van der Waals surface area contributed by atoms with Crippen LogP contribution in [0.15, 0.2) is 43.0 Å². The Morgan fingerprint density at radius 1 is 1.14 bits per heavy atom. The van der Waals surface area contributed by atoms with Crippen molar-refractivity contribution in [2.24, 2.45) is 0 Å². The van der Waals surface area contributed by atoms with Gasteiger partial charge in [0.1, 0.15) is 11.7 Å². The van der Waals surface area contributed by atoms with Gasteiger partial charge in [0.05, 0.1) is 0 Å². The summed E-state index contributed by atoms with van der Waals surface area (Å²) in [5, 5.41) is 5.58. The molecule has 1 aromatic rings. The fraction of sp³-hybridized carbons (Fsp3) is 0.545. The van der Waals surface area contributed by atoms with Crippen LogP contribution >= 0.6 is 0 Å². The number of benzene rings is 1. The monoisotopic (exact) mass is 388 g/mol. The van der Waals surface area contributed by atoms with Gasteiger partial charge in [-0.25, -0.2) is 9.59 Å². The molecule has 1 fully saturated rings. The number of alkyl carbamates (subject to hydrolysis) is 2. The van der Waals surface area contributed by atoms with Gasteiger partial charge in [-0.2, -0.15) is 0 Å². The molecule has 2 N–H and O–H groups in total. The van der Waals surface area contributed by atoms with E-state index in [1.807, 2.05) is 39.0 Å². The summed E-state index contributed by atoms with van der Waals surface area (Å²) in [6.07, 6.45) is 3.78. The highest BCUT2D eigenvalue weighted by Crippen LogP contribution is 2.40. The van der Waals surface area contributed by atoms with Crippen LogP contribution in [0.2, 0.25) is 0 Å². The summed E-state index contributed by atoms with van der Waals surface area (Å²) < 4.78 is 10.9. The highest BCUT2D eigenvalue weighted by molar-refractivity contribution is 5.68. The SMILES string of the molecule is C=CCNC(=O)OC1CCC(CNC(=O)OC(C)(C)C)(c2ccccc2)CC1. The maximum atomic E-state index is 12.2. The minimum atomic E-state index is -0.533. The second-order valence-electron chi connectivity index (χ2n) is 8.28. The quantitative estimate of drug-likeness (QED) is 0.712. The number of carbonyl (C=O) groups excluding carboxylic acids is 2. The average molecular weight is 389 g/mol. The van der Waals surface area contributed by atoms with Crippen molar-refractivity contribution < 1.29 is 19.1 Å². The Balaban J connectivity index is 2.01. The molecule has 28 heavy (non-hydrogen) atoms. The Morgan fingerprint density at radius 2 is 1.79 bits per heavy atom. The van der Waals surface area contributed by atoms with E-state index in [1.165, 1.54) is 5.56 Å². The first-order valence-corrected chi connectivity index (χ1v) is 9.82. The Labute approximate surface area is 167 Å². The van der Waals surface area contributed by atoms with E-state index in [2.05, 4.69) is 29.3 Å². The summed E-state index contributed by atoms with van der Waals surface area (Å²) in [6, 6.07) is 10.2. The molecule has 1 saturated carbocycles. The second-order valence-corrected chi connectivity index (χ2v) is 8.28. The predicted molar refractivity (Wildman–Crippen MR) is 109 cm³/mol. The van der Waals surface area contributed by atoms with Crippen LogP contribution in [0.1, 0.15) is 52.0 Å². The van der Waals surface area contributed by atoms with E-state index < -0.39 is 17.8 Å². The van der Waals surface area contributed by atoms with Crippen LogP contribution in [0.5, 0.6) is 0 Å². The van der Waals surface area contributed by atoms with Gasteiger partial charge in [-0.05, 0) is 52.0 Å². The van der Waals surface area contributed by atoms with Gasteiger partial charge < -0.3 is 20.1 Å². The fourth-order valence-electron chi connectivity index (χ4n) is 3.53. The maximum Gasteiger partial charge on any atom is 0.407 e. The lowest BCUT2D eigenvalue weighted by Gasteiger charge is -2.40. The molecule has 1 aliphatic carbocycles. The number of amides is 2. The smallest absolute Gasteiger partial charge is 0.407 e. The summed E-state index contributed by atoms with van der Waals surface area (Å²) in [5.41, 5.74) is 0.449. The van der Waals surface area contributed by atoms with Gasteiger partial charge in [0.15, 0.2) is 0 Å². The van der Waals surface area contributed by atoms with Crippen molar-refractivity contribution >= 4 is 12.2 Å². The zero-order valence-corrected chi connectivity index (χ0v) is 17.1. The first-order chi connectivity index (χ1) is 13.2. The lowest BCUT2D eigenvalue weighted by molar-refractivity contribution is 0.0452. The maximum absolute atomic E-state index is 12.2. The van der Waals surface area contributed by atoms with E-state index in [9.17, 15) is 9.59 Å². The summed E-state index contributed by atoms with van der Waals surface area (Å²) >= 11 is 0. The molecule has 0 atom stereocenters. The van der Waals surface area contributed by atoms with Gasteiger partial charge in [-0.15, -0.1) is 6.58 Å². The third kappa shape index (κ3) is 6.59. The standard InChI is InChI=1S/C22H32N2O4/c1-5-15-23-19(25)27-18-11-13-22(14-12-18,17-9-7-6-8-10-17)16-24-20(26)28-21(2,3)4/h5-10,18H,1,11-16H2,2-4H3,(H,23,25)(H,24,26). The van der Waals surface area contributed by atoms with Crippen LogP contribution < -0.4 is 10.6 Å². The Bertz CT molecular complexity index is 659. The van der Waals surface area contributed by atoms with E-state index in [0.29, 0.717) is 13.1 Å². The van der Waals surface area contributed by atoms with E-state index in [1.54, 1.807) is 6.08 Å². The molecule has 0 heterocycles. The summed E-state index contributed by atoms with van der Waals surface area (Å²) in [6.45, 7) is 9.99. The molecule has 0 spiro atoms. The third-order valence-corrected chi connectivity index (χ3v) is 4.91. The summed E-state index contributed by atoms with van der Waals surface area (Å²) in [4.78, 5) is 24.0. The second kappa shape index (κ2) is 9.62. The number of nitrogens with one attached hydrogen (secondary N) is 2. The van der Waals surface area contributed by atoms with Gasteiger partial charge in [0.25, 0.3) is 0 Å². The van der Waals surface area contributed by atoms with Crippen molar-refractivity contribution in [2.75, 3.05) is 13.1 Å². The van der Waals surface area contributed by atoms with Crippen molar-refractivity contribution in [2.45, 2.75) is 63.6 Å². The van der Waals surface area contributed by atoms with Crippen molar-refractivity contribution in [1.29, 1.82) is 0 Å². The number of hydrogen-bond acceptors (Lipinski definition) is 4. The molecule has 0 unspecified atom stereocenters. The van der Waals surface area contributed by atoms with Gasteiger partial charge in [0.2, 0.25) is 0 Å². The molecular formula is C22H32N2O4. The molecule has 1 aliphatic rings. The molecule has 0 saturated heterocycles. The minimum absolute atomic E-state index is 0.122. The van der Waals surface area contributed by atoms with Crippen LogP contribution in [0.25, 0.3) is 0 Å². The van der Waals surface area contributed by atoms with Crippen molar-refractivity contribution in [3.8, 4) is 0 Å². The number of carbonyl (C=O) groups is 2. The van der Waals surface area contributed by atoms with Crippen molar-refractivity contribution in [3.05, 3.63) is 48.6 Å². The number of ether oxygens (including phenoxy) is 2. The Hall–Kier alpha value is -2.50. The van der Waals surface area contributed by atoms with Crippen LogP contribution in [-0.4, -0.2) is 37.0 Å². The third-order valence-electron chi connectivity index (χ3n) is 4.91. The minimum Gasteiger partial charge on any atom is -0.446 e. The zero-order chi connectivity index (χ0) is 20.6. The lowest BCUT2D eigenvalue weighted by atomic mass is 9.68. The molecule has 2 amide bonds. The fourth-order valence-corrected chi connectivity index (χ4v) is 3.53. The highest BCUT2D eigenvalue weighted by Gasteiger charge is 2.38. The molecule has 0 bridgehead atoms. The summed E-state index contributed by atoms with van der Waals surface area (Å²) in [5.74, 6) is 0. The van der Waals surface area contributed by atoms with Crippen LogP contribution in [0.3, 0.4) is 0 Å². The van der Waals surface area contributed by atoms with Gasteiger partial charge in [0, 0.05) is 18.5 Å². The first-order valence-electron chi connectivity index (χ1n) is 9.82. The molecule has 0 aliphatic heterocycles. The molecule has 0 radical (unpaired) electrons. The molecule has 2 rings (SSSR count). The number of rotatable bonds is 6. The van der Waals surface area contributed by atoms with Crippen LogP contribution in [0.4, 0.5) is 9.59 Å². The molecule has 6 heteroatoms. The zero-order valence-electron chi connectivity index (χ0n) is 17.1. The van der Waals surface area contributed by atoms with E-state index in [4.69, 9.17) is 9.47 Å². The molecular weight excluding hydrogens is 356 g/mol. The summed E-state index contributed by atoms with van der Waals surface area (Å²) in [7, 11) is 0. The van der Waals surface area contributed by atoms with Crippen LogP contribution in [0, 0.1) is 0 Å². The van der Waals surface area contributed by atoms with E-state index >= 15 is 0 Å². The first kappa shape index (κ1) is 21.8. The average Bonchev–Trinajstić information content (AvgIpc) is 2.65. The lowest BCUT2D eigenvalue weighted by Crippen LogP contribution is -2.46. The Kier molecular flexibility index (Phi) is 7.49. The molecule has 154 valence electrons. The molecule has 0 aromatic heterocycles. The predicted octanol–water partition coefficient (Wildman–Crippen LogP) is 4.30. The molecule has 1 aromatic carbocycles. The number of hydrogen-bond donors (Lipinski definition) is 2. The Morgan fingerprint density at radius 3 is 2.36 bits per heavy atom. The highest BCUT2D eigenvalue weighted by atomic mass is 16.6. The largest absolute Gasteiger partial charge is 0.446 e. The topological polar surface area (TPSA) is 76.7 Å². The van der Waals surface area contributed by atoms with Crippen molar-refractivity contribution in [3.63, 3.8) is 0 Å². The van der Waals surface area contributed by atoms with Gasteiger partial charge in [-0.1, -0.05) is 36.4 Å². The normalized spacial score (nSPS) is 22.0. The van der Waals surface area contributed by atoms with Gasteiger partial charge in [-0.3, -0.25) is 0 Å².